The summed E-state index contributed by atoms with van der Waals surface area (Å²) in [4.78, 5) is 11.4. The van der Waals surface area contributed by atoms with Crippen molar-refractivity contribution in [2.24, 2.45) is 0 Å². The van der Waals surface area contributed by atoms with Crippen molar-refractivity contribution in [2.45, 2.75) is 19.8 Å². The Bertz CT molecular complexity index is 572. The first kappa shape index (κ1) is 16.8. The first-order chi connectivity index (χ1) is 9.39. The van der Waals surface area contributed by atoms with Crippen LogP contribution in [0.15, 0.2) is 18.2 Å². The van der Waals surface area contributed by atoms with E-state index in [1.54, 1.807) is 19.1 Å². The van der Waals surface area contributed by atoms with Gasteiger partial charge >= 0.3 is 5.97 Å². The molecule has 1 rings (SSSR count). The number of benzene rings is 1. The topological polar surface area (TPSA) is 72.5 Å². The Balaban J connectivity index is 2.80. The van der Waals surface area contributed by atoms with Crippen molar-refractivity contribution < 1.29 is 17.9 Å². The van der Waals surface area contributed by atoms with Crippen LogP contribution in [0.1, 0.15) is 28.8 Å². The first-order valence-corrected chi connectivity index (χ1v) is 8.33. The second-order valence-electron chi connectivity index (χ2n) is 4.34. The van der Waals surface area contributed by atoms with Gasteiger partial charge in [-0.2, -0.15) is 0 Å². The maximum absolute atomic E-state index is 11.9. The normalized spacial score (nSPS) is 11.2. The predicted octanol–water partition coefficient (Wildman–Crippen LogP) is 2.54. The van der Waals surface area contributed by atoms with Crippen LogP contribution in [0.3, 0.4) is 0 Å². The molecule has 20 heavy (non-hydrogen) atoms. The van der Waals surface area contributed by atoms with Gasteiger partial charge in [0.15, 0.2) is 0 Å². The van der Waals surface area contributed by atoms with Gasteiger partial charge in [-0.3, -0.25) is 4.72 Å². The van der Waals surface area contributed by atoms with Gasteiger partial charge in [-0.25, -0.2) is 13.2 Å². The van der Waals surface area contributed by atoms with Crippen LogP contribution in [-0.4, -0.2) is 33.1 Å². The summed E-state index contributed by atoms with van der Waals surface area (Å²) in [6.07, 6.45) is 1.17. The average Bonchev–Trinajstić information content (AvgIpc) is 2.40. The number of nitrogens with one attached hydrogen (secondary N) is 1. The summed E-state index contributed by atoms with van der Waals surface area (Å²) in [7, 11) is -2.10. The number of carbonyl (C=O) groups excluding carboxylic acids is 1. The quantitative estimate of drug-likeness (QED) is 0.476. The van der Waals surface area contributed by atoms with Crippen molar-refractivity contribution in [2.75, 3.05) is 23.5 Å². The number of hydrogen-bond donors (Lipinski definition) is 1. The summed E-state index contributed by atoms with van der Waals surface area (Å²) in [5.74, 6) is 0.0185. The molecule has 0 heterocycles. The van der Waals surface area contributed by atoms with E-state index >= 15 is 0 Å². The third kappa shape index (κ3) is 5.02. The van der Waals surface area contributed by atoms with Gasteiger partial charge in [-0.15, -0.1) is 11.6 Å². The molecule has 0 atom stereocenters. The largest absolute Gasteiger partial charge is 0.465 e. The fourth-order valence-electron chi connectivity index (χ4n) is 1.63. The number of ether oxygens (including phenoxy) is 1. The van der Waals surface area contributed by atoms with Crippen LogP contribution in [0.5, 0.6) is 0 Å². The molecule has 112 valence electrons. The Morgan fingerprint density at radius 2 is 2.05 bits per heavy atom. The van der Waals surface area contributed by atoms with Crippen LogP contribution < -0.4 is 4.72 Å². The summed E-state index contributed by atoms with van der Waals surface area (Å²) >= 11 is 5.52. The van der Waals surface area contributed by atoms with Gasteiger partial charge in [0.25, 0.3) is 0 Å². The van der Waals surface area contributed by atoms with Gasteiger partial charge in [0.1, 0.15) is 0 Å². The molecule has 0 amide bonds. The molecule has 0 saturated carbocycles. The minimum atomic E-state index is -3.39. The van der Waals surface area contributed by atoms with Crippen LogP contribution in [0, 0.1) is 6.92 Å². The van der Waals surface area contributed by atoms with Gasteiger partial charge in [0, 0.05) is 5.88 Å². The summed E-state index contributed by atoms with van der Waals surface area (Å²) in [6.45, 7) is 1.73. The van der Waals surface area contributed by atoms with E-state index in [1.165, 1.54) is 13.2 Å². The highest BCUT2D eigenvalue weighted by Crippen LogP contribution is 2.19. The molecule has 1 aromatic carbocycles. The smallest absolute Gasteiger partial charge is 0.337 e. The summed E-state index contributed by atoms with van der Waals surface area (Å²) in [5, 5.41) is 0. The third-order valence-electron chi connectivity index (χ3n) is 2.71. The lowest BCUT2D eigenvalue weighted by Crippen LogP contribution is -2.17. The molecule has 0 spiro atoms. The monoisotopic (exact) mass is 319 g/mol. The molecule has 0 fully saturated rings. The van der Waals surface area contributed by atoms with Crippen molar-refractivity contribution in [3.8, 4) is 0 Å². The Morgan fingerprint density at radius 1 is 1.35 bits per heavy atom. The maximum Gasteiger partial charge on any atom is 0.337 e. The average molecular weight is 320 g/mol. The van der Waals surface area contributed by atoms with Crippen molar-refractivity contribution in [1.82, 2.24) is 0 Å². The Labute approximate surface area is 124 Å². The number of carbonyl (C=O) groups is 1. The van der Waals surface area contributed by atoms with Crippen molar-refractivity contribution in [3.05, 3.63) is 29.3 Å². The molecule has 1 N–H and O–H groups in total. The number of unbranched alkanes of at least 4 members (excludes halogenated alkanes) is 1. The lowest BCUT2D eigenvalue weighted by molar-refractivity contribution is 0.0600. The zero-order chi connectivity index (χ0) is 15.2. The maximum atomic E-state index is 11.9. The fraction of sp³-hybridized carbons (Fsp3) is 0.462. The fourth-order valence-corrected chi connectivity index (χ4v) is 3.07. The van der Waals surface area contributed by atoms with E-state index in [2.05, 4.69) is 9.46 Å². The number of methoxy groups -OCH3 is 1. The number of alkyl halides is 1. The van der Waals surface area contributed by atoms with Crippen molar-refractivity contribution in [1.29, 1.82) is 0 Å². The summed E-state index contributed by atoms with van der Waals surface area (Å²) in [6, 6.07) is 4.67. The van der Waals surface area contributed by atoms with E-state index in [0.717, 1.165) is 0 Å². The van der Waals surface area contributed by atoms with Crippen LogP contribution >= 0.6 is 11.6 Å². The minimum Gasteiger partial charge on any atom is -0.465 e. The van der Waals surface area contributed by atoms with Gasteiger partial charge in [0.2, 0.25) is 10.0 Å². The number of esters is 1. The number of sulfonamides is 1. The van der Waals surface area contributed by atoms with Gasteiger partial charge in [-0.1, -0.05) is 0 Å². The van der Waals surface area contributed by atoms with Crippen LogP contribution in [-0.2, 0) is 14.8 Å². The van der Waals surface area contributed by atoms with E-state index < -0.39 is 16.0 Å². The minimum absolute atomic E-state index is 0.0257. The molecule has 0 unspecified atom stereocenters. The van der Waals surface area contributed by atoms with Gasteiger partial charge in [-0.05, 0) is 43.5 Å². The molecular formula is C13H18ClNO4S. The van der Waals surface area contributed by atoms with E-state index in [9.17, 15) is 13.2 Å². The Kier molecular flexibility index (Phi) is 6.29. The molecule has 0 aliphatic rings. The van der Waals surface area contributed by atoms with Crippen LogP contribution in [0.2, 0.25) is 0 Å². The number of halogens is 1. The highest BCUT2D eigenvalue weighted by Gasteiger charge is 2.13. The van der Waals surface area contributed by atoms with Gasteiger partial charge in [0.05, 0.1) is 24.1 Å². The molecule has 0 radical (unpaired) electrons. The lowest BCUT2D eigenvalue weighted by Gasteiger charge is -2.11. The van der Waals surface area contributed by atoms with Gasteiger partial charge < -0.3 is 4.74 Å². The highest BCUT2D eigenvalue weighted by molar-refractivity contribution is 7.92. The second kappa shape index (κ2) is 7.50. The standard InChI is InChI=1S/C13H18ClNO4S/c1-10-9-11(13(16)19-2)5-6-12(10)15-20(17,18)8-4-3-7-14/h5-6,9,15H,3-4,7-8H2,1-2H3. The van der Waals surface area contributed by atoms with Crippen LogP contribution in [0.4, 0.5) is 5.69 Å². The highest BCUT2D eigenvalue weighted by atomic mass is 35.5. The SMILES string of the molecule is COC(=O)c1ccc(NS(=O)(=O)CCCCCl)c(C)c1. The number of hydrogen-bond acceptors (Lipinski definition) is 4. The molecule has 1 aromatic rings. The van der Waals surface area contributed by atoms with Crippen LogP contribution in [0.25, 0.3) is 0 Å². The number of anilines is 1. The molecular weight excluding hydrogens is 302 g/mol. The molecule has 0 aliphatic carbocycles. The molecule has 0 aromatic heterocycles. The Morgan fingerprint density at radius 3 is 2.60 bits per heavy atom. The molecule has 5 nitrogen and oxygen atoms in total. The molecule has 0 bridgehead atoms. The first-order valence-electron chi connectivity index (χ1n) is 6.15. The summed E-state index contributed by atoms with van der Waals surface area (Å²) in [5.41, 5.74) is 1.51. The molecule has 0 saturated heterocycles. The van der Waals surface area contributed by atoms with E-state index in [0.29, 0.717) is 35.5 Å². The lowest BCUT2D eigenvalue weighted by atomic mass is 10.1. The summed E-state index contributed by atoms with van der Waals surface area (Å²) < 4.78 is 30.8. The Hall–Kier alpha value is -1.27. The van der Waals surface area contributed by atoms with E-state index in [1.807, 2.05) is 0 Å². The number of aryl methyl sites for hydroxylation is 1. The molecule has 7 heteroatoms. The second-order valence-corrected chi connectivity index (χ2v) is 6.56. The van der Waals surface area contributed by atoms with Crippen molar-refractivity contribution in [3.63, 3.8) is 0 Å². The van der Waals surface area contributed by atoms with E-state index in [-0.39, 0.29) is 5.75 Å². The third-order valence-corrected chi connectivity index (χ3v) is 4.33. The molecule has 0 aliphatic heterocycles. The predicted molar refractivity (Wildman–Crippen MR) is 79.9 cm³/mol. The number of rotatable bonds is 7. The van der Waals surface area contributed by atoms with Crippen molar-refractivity contribution >= 4 is 33.3 Å². The van der Waals surface area contributed by atoms with E-state index in [4.69, 9.17) is 11.6 Å². The zero-order valence-corrected chi connectivity index (χ0v) is 13.1. The zero-order valence-electron chi connectivity index (χ0n) is 11.5.